The molecule has 2 unspecified atom stereocenters. The molecule has 0 aromatic heterocycles. The van der Waals surface area contributed by atoms with Gasteiger partial charge in [-0.15, -0.1) is 0 Å². The smallest absolute Gasteiger partial charge is 0.422 e. The molecule has 144 valence electrons. The Hall–Kier alpha value is -2.28. The van der Waals surface area contributed by atoms with Crippen molar-refractivity contribution < 1.29 is 19.1 Å². The van der Waals surface area contributed by atoms with Crippen LogP contribution >= 0.6 is 0 Å². The summed E-state index contributed by atoms with van der Waals surface area (Å²) in [7, 11) is 0. The van der Waals surface area contributed by atoms with E-state index in [1.54, 1.807) is 25.7 Å². The predicted octanol–water partition coefficient (Wildman–Crippen LogP) is 3.21. The molecule has 1 aliphatic heterocycles. The topological polar surface area (TPSA) is 79.9 Å². The molecule has 2 atom stereocenters. The van der Waals surface area contributed by atoms with Crippen molar-refractivity contribution >= 4 is 12.2 Å². The molecule has 2 N–H and O–H groups in total. The number of likely N-dealkylation sites (tertiary alicyclic amines) is 1. The molecule has 1 saturated heterocycles. The van der Waals surface area contributed by atoms with Crippen molar-refractivity contribution in [2.75, 3.05) is 6.54 Å². The maximum Gasteiger partial charge on any atom is 0.422 e. The fourth-order valence-electron chi connectivity index (χ4n) is 2.75. The largest absolute Gasteiger partial charge is 0.445 e. The summed E-state index contributed by atoms with van der Waals surface area (Å²) in [5.41, 5.74) is 5.90. The quantitative estimate of drug-likeness (QED) is 0.803. The van der Waals surface area contributed by atoms with E-state index in [9.17, 15) is 9.59 Å². The van der Waals surface area contributed by atoms with Gasteiger partial charge in [0.1, 0.15) is 12.2 Å². The highest BCUT2D eigenvalue weighted by atomic mass is 16.6. The first kappa shape index (κ1) is 20.0. The summed E-state index contributed by atoms with van der Waals surface area (Å²) in [6.07, 6.45) is 0.799. The Morgan fingerprint density at radius 2 is 1.88 bits per heavy atom. The van der Waals surface area contributed by atoms with Crippen LogP contribution in [-0.2, 0) is 16.1 Å². The highest BCUT2D eigenvalue weighted by Crippen LogP contribution is 2.18. The average Bonchev–Trinajstić information content (AvgIpc) is 2.58. The molecule has 1 aromatic carbocycles. The van der Waals surface area contributed by atoms with Crippen LogP contribution in [0.5, 0.6) is 0 Å². The number of hydrogen-bond acceptors (Lipinski definition) is 5. The molecule has 0 bridgehead atoms. The van der Waals surface area contributed by atoms with E-state index in [4.69, 9.17) is 9.47 Å². The third-order valence-electron chi connectivity index (χ3n) is 4.10. The van der Waals surface area contributed by atoms with E-state index < -0.39 is 11.7 Å². The minimum atomic E-state index is -0.555. The Bertz CT molecular complexity index is 601. The molecule has 1 heterocycles. The second-order valence-corrected chi connectivity index (χ2v) is 7.59. The van der Waals surface area contributed by atoms with Gasteiger partial charge in [-0.3, -0.25) is 5.43 Å². The molecule has 1 aromatic rings. The van der Waals surface area contributed by atoms with Gasteiger partial charge in [0, 0.05) is 18.6 Å². The van der Waals surface area contributed by atoms with Gasteiger partial charge in [0.15, 0.2) is 0 Å². The lowest BCUT2D eigenvalue weighted by Gasteiger charge is -2.37. The summed E-state index contributed by atoms with van der Waals surface area (Å²) in [4.78, 5) is 25.9. The summed E-state index contributed by atoms with van der Waals surface area (Å²) >= 11 is 0. The van der Waals surface area contributed by atoms with Crippen LogP contribution in [0.4, 0.5) is 9.59 Å². The van der Waals surface area contributed by atoms with Crippen LogP contribution in [-0.4, -0.2) is 41.3 Å². The zero-order valence-corrected chi connectivity index (χ0v) is 16.0. The lowest BCUT2D eigenvalue weighted by molar-refractivity contribution is 0.0439. The number of amides is 2. The maximum absolute atomic E-state index is 12.4. The van der Waals surface area contributed by atoms with Crippen LogP contribution in [0.2, 0.25) is 0 Å². The van der Waals surface area contributed by atoms with Crippen molar-refractivity contribution in [1.82, 2.24) is 15.8 Å². The van der Waals surface area contributed by atoms with Gasteiger partial charge in [0.2, 0.25) is 0 Å². The minimum Gasteiger partial charge on any atom is -0.445 e. The molecular weight excluding hydrogens is 334 g/mol. The van der Waals surface area contributed by atoms with E-state index in [1.807, 2.05) is 37.3 Å². The number of benzene rings is 1. The molecule has 1 aliphatic rings. The van der Waals surface area contributed by atoms with Crippen LogP contribution in [0.15, 0.2) is 30.3 Å². The van der Waals surface area contributed by atoms with Crippen LogP contribution in [0.25, 0.3) is 0 Å². The summed E-state index contributed by atoms with van der Waals surface area (Å²) in [6, 6.07) is 9.63. The normalized spacial score (nSPS) is 20.4. The molecule has 0 spiro atoms. The number of rotatable bonds is 4. The Balaban J connectivity index is 1.81. The summed E-state index contributed by atoms with van der Waals surface area (Å²) in [5.74, 6) is 0. The number of carbonyl (C=O) groups is 2. The van der Waals surface area contributed by atoms with Crippen molar-refractivity contribution in [1.29, 1.82) is 0 Å². The molecule has 1 fully saturated rings. The van der Waals surface area contributed by atoms with Gasteiger partial charge in [-0.1, -0.05) is 30.3 Å². The highest BCUT2D eigenvalue weighted by molar-refractivity contribution is 5.68. The third kappa shape index (κ3) is 6.55. The fraction of sp³-hybridized carbons (Fsp3) is 0.579. The average molecular weight is 363 g/mol. The fourth-order valence-corrected chi connectivity index (χ4v) is 2.75. The number of piperidine rings is 1. The van der Waals surface area contributed by atoms with Crippen LogP contribution in [0.1, 0.15) is 46.1 Å². The number of nitrogens with zero attached hydrogens (tertiary/aromatic N) is 1. The van der Waals surface area contributed by atoms with Crippen LogP contribution < -0.4 is 10.9 Å². The molecule has 0 saturated carbocycles. The second kappa shape index (κ2) is 8.89. The van der Waals surface area contributed by atoms with Gasteiger partial charge in [-0.05, 0) is 46.1 Å². The molecular formula is C19H29N3O4. The lowest BCUT2D eigenvalue weighted by Crippen LogP contribution is -2.56. The summed E-state index contributed by atoms with van der Waals surface area (Å²) < 4.78 is 10.6. The molecule has 0 aliphatic carbocycles. The zero-order chi connectivity index (χ0) is 19.2. The van der Waals surface area contributed by atoms with E-state index in [1.165, 1.54) is 0 Å². The second-order valence-electron chi connectivity index (χ2n) is 7.59. The van der Waals surface area contributed by atoms with Crippen molar-refractivity contribution in [3.63, 3.8) is 0 Å². The number of ether oxygens (including phenoxy) is 2. The van der Waals surface area contributed by atoms with E-state index in [2.05, 4.69) is 10.9 Å². The Labute approximate surface area is 155 Å². The molecule has 2 rings (SSSR count). The van der Waals surface area contributed by atoms with Gasteiger partial charge >= 0.3 is 12.2 Å². The minimum absolute atomic E-state index is 0.0528. The first-order valence-corrected chi connectivity index (χ1v) is 8.96. The van der Waals surface area contributed by atoms with Gasteiger partial charge < -0.3 is 14.4 Å². The van der Waals surface area contributed by atoms with E-state index in [0.29, 0.717) is 6.54 Å². The molecule has 2 amide bonds. The molecule has 7 heteroatoms. The number of nitrogens with one attached hydrogen (secondary N) is 2. The first-order valence-electron chi connectivity index (χ1n) is 8.96. The highest BCUT2D eigenvalue weighted by Gasteiger charge is 2.30. The standard InChI is InChI=1S/C19H29N3O4/c1-14-10-11-16(20-21-17(23)26-19(2,3)4)12-22(14)18(24)25-13-15-8-6-5-7-9-15/h5-9,14,16,20H,10-13H2,1-4H3,(H,21,23). The Kier molecular flexibility index (Phi) is 6.85. The zero-order valence-electron chi connectivity index (χ0n) is 16.0. The lowest BCUT2D eigenvalue weighted by atomic mass is 10.0. The SMILES string of the molecule is CC1CCC(NNC(=O)OC(C)(C)C)CN1C(=O)OCc1ccccc1. The number of hydrazine groups is 1. The predicted molar refractivity (Wildman–Crippen MR) is 98.3 cm³/mol. The van der Waals surface area contributed by atoms with Gasteiger partial charge in [0.25, 0.3) is 0 Å². The Morgan fingerprint density at radius 3 is 2.54 bits per heavy atom. The van der Waals surface area contributed by atoms with Gasteiger partial charge in [-0.2, -0.15) is 0 Å². The molecule has 7 nitrogen and oxygen atoms in total. The van der Waals surface area contributed by atoms with E-state index >= 15 is 0 Å². The van der Waals surface area contributed by atoms with E-state index in [-0.39, 0.29) is 24.8 Å². The van der Waals surface area contributed by atoms with Crippen LogP contribution in [0.3, 0.4) is 0 Å². The van der Waals surface area contributed by atoms with Crippen LogP contribution in [0, 0.1) is 0 Å². The van der Waals surface area contributed by atoms with Gasteiger partial charge in [-0.25, -0.2) is 15.0 Å². The number of hydrogen-bond donors (Lipinski definition) is 2. The van der Waals surface area contributed by atoms with Crippen molar-refractivity contribution in [2.24, 2.45) is 0 Å². The van der Waals surface area contributed by atoms with Crippen molar-refractivity contribution in [2.45, 2.75) is 64.8 Å². The number of carbonyl (C=O) groups excluding carboxylic acids is 2. The maximum atomic E-state index is 12.4. The molecule has 0 radical (unpaired) electrons. The summed E-state index contributed by atoms with van der Waals surface area (Å²) in [5, 5.41) is 0. The van der Waals surface area contributed by atoms with Crippen molar-refractivity contribution in [3.05, 3.63) is 35.9 Å². The third-order valence-corrected chi connectivity index (χ3v) is 4.10. The summed E-state index contributed by atoms with van der Waals surface area (Å²) in [6.45, 7) is 8.13. The first-order chi connectivity index (χ1) is 12.2. The van der Waals surface area contributed by atoms with Gasteiger partial charge in [0.05, 0.1) is 0 Å². The van der Waals surface area contributed by atoms with E-state index in [0.717, 1.165) is 18.4 Å². The Morgan fingerprint density at radius 1 is 1.19 bits per heavy atom. The van der Waals surface area contributed by atoms with Crippen molar-refractivity contribution in [3.8, 4) is 0 Å². The molecule has 26 heavy (non-hydrogen) atoms. The monoisotopic (exact) mass is 363 g/mol.